The zero-order valence-electron chi connectivity index (χ0n) is 10.8. The highest BCUT2D eigenvalue weighted by Crippen LogP contribution is 2.17. The fourth-order valence-electron chi connectivity index (χ4n) is 1.27. The second-order valence-corrected chi connectivity index (χ2v) is 4.47. The summed E-state index contributed by atoms with van der Waals surface area (Å²) in [5, 5.41) is 0. The summed E-state index contributed by atoms with van der Waals surface area (Å²) in [5.41, 5.74) is 0.285. The maximum atomic E-state index is 11.3. The lowest BCUT2D eigenvalue weighted by Crippen LogP contribution is -2.25. The van der Waals surface area contributed by atoms with Crippen LogP contribution in [0.15, 0.2) is 18.3 Å². The molecule has 0 saturated heterocycles. The average molecular weight is 237 g/mol. The molecule has 0 aliphatic heterocycles. The second-order valence-electron chi connectivity index (χ2n) is 4.47. The highest BCUT2D eigenvalue weighted by atomic mass is 16.5. The van der Waals surface area contributed by atoms with Crippen molar-refractivity contribution in [3.05, 3.63) is 23.9 Å². The molecule has 0 bridgehead atoms. The number of Topliss-reactive ketones (excluding diaryl/α,β-unsaturated/α-hetero) is 1. The fourth-order valence-corrected chi connectivity index (χ4v) is 1.27. The van der Waals surface area contributed by atoms with Crippen molar-refractivity contribution in [2.75, 3.05) is 13.7 Å². The molecule has 0 amide bonds. The van der Waals surface area contributed by atoms with Crippen LogP contribution < -0.4 is 4.74 Å². The number of ether oxygens (including phenoxy) is 2. The van der Waals surface area contributed by atoms with Crippen LogP contribution >= 0.6 is 0 Å². The van der Waals surface area contributed by atoms with Crippen LogP contribution in [0.4, 0.5) is 0 Å². The third-order valence-electron chi connectivity index (χ3n) is 2.65. The van der Waals surface area contributed by atoms with E-state index in [4.69, 9.17) is 9.47 Å². The van der Waals surface area contributed by atoms with Gasteiger partial charge < -0.3 is 9.47 Å². The number of hydrogen-bond acceptors (Lipinski definition) is 4. The summed E-state index contributed by atoms with van der Waals surface area (Å²) in [6, 6.07) is 3.44. The van der Waals surface area contributed by atoms with Gasteiger partial charge in [0.25, 0.3) is 0 Å². The lowest BCUT2D eigenvalue weighted by atomic mass is 10.1. The molecule has 0 aliphatic rings. The monoisotopic (exact) mass is 237 g/mol. The zero-order chi connectivity index (χ0) is 12.9. The van der Waals surface area contributed by atoms with Crippen LogP contribution in [0.25, 0.3) is 0 Å². The first-order chi connectivity index (χ1) is 7.96. The van der Waals surface area contributed by atoms with Crippen molar-refractivity contribution in [2.45, 2.75) is 32.8 Å². The number of hydrogen-bond donors (Lipinski definition) is 0. The van der Waals surface area contributed by atoms with Crippen molar-refractivity contribution in [1.29, 1.82) is 0 Å². The summed E-state index contributed by atoms with van der Waals surface area (Å²) in [7, 11) is 1.67. The molecule has 17 heavy (non-hydrogen) atoms. The molecule has 1 heterocycles. The average Bonchev–Trinajstić information content (AvgIpc) is 2.29. The van der Waals surface area contributed by atoms with E-state index >= 15 is 0 Å². The molecule has 1 rings (SSSR count). The van der Waals surface area contributed by atoms with Gasteiger partial charge in [-0.2, -0.15) is 0 Å². The molecule has 0 atom stereocenters. The standard InChI is InChI=1S/C13H19NO3/c1-10(15)11-6-5-8-14-12(11)17-9-7-13(2,3)16-4/h5-6,8H,7,9H2,1-4H3. The minimum atomic E-state index is -0.231. The Morgan fingerprint density at radius 1 is 1.47 bits per heavy atom. The summed E-state index contributed by atoms with van der Waals surface area (Å²) in [5.74, 6) is 0.353. The van der Waals surface area contributed by atoms with Gasteiger partial charge in [-0.1, -0.05) is 0 Å². The van der Waals surface area contributed by atoms with Gasteiger partial charge in [0.1, 0.15) is 0 Å². The third-order valence-corrected chi connectivity index (χ3v) is 2.65. The molecule has 0 fully saturated rings. The largest absolute Gasteiger partial charge is 0.477 e. The van der Waals surface area contributed by atoms with Gasteiger partial charge in [0, 0.05) is 19.7 Å². The molecule has 4 nitrogen and oxygen atoms in total. The number of carbonyl (C=O) groups excluding carboxylic acids is 1. The minimum Gasteiger partial charge on any atom is -0.477 e. The Labute approximate surface area is 102 Å². The van der Waals surface area contributed by atoms with E-state index in [9.17, 15) is 4.79 Å². The molecule has 4 heteroatoms. The van der Waals surface area contributed by atoms with E-state index in [1.54, 1.807) is 25.4 Å². The Morgan fingerprint density at radius 3 is 2.76 bits per heavy atom. The second kappa shape index (κ2) is 5.77. The van der Waals surface area contributed by atoms with Gasteiger partial charge in [-0.05, 0) is 32.9 Å². The van der Waals surface area contributed by atoms with Crippen molar-refractivity contribution in [3.63, 3.8) is 0 Å². The number of aromatic nitrogens is 1. The quantitative estimate of drug-likeness (QED) is 0.713. The zero-order valence-corrected chi connectivity index (χ0v) is 10.8. The van der Waals surface area contributed by atoms with Crippen molar-refractivity contribution in [1.82, 2.24) is 4.98 Å². The predicted octanol–water partition coefficient (Wildman–Crippen LogP) is 2.48. The highest BCUT2D eigenvalue weighted by molar-refractivity contribution is 5.96. The minimum absolute atomic E-state index is 0.0425. The molecule has 0 saturated carbocycles. The van der Waals surface area contributed by atoms with Crippen LogP contribution in [-0.4, -0.2) is 30.1 Å². The van der Waals surface area contributed by atoms with E-state index in [-0.39, 0.29) is 11.4 Å². The normalized spacial score (nSPS) is 11.3. The first-order valence-electron chi connectivity index (χ1n) is 5.60. The number of nitrogens with zero attached hydrogens (tertiary/aromatic N) is 1. The Hall–Kier alpha value is -1.42. The van der Waals surface area contributed by atoms with Gasteiger partial charge >= 0.3 is 0 Å². The number of methoxy groups -OCH3 is 1. The summed E-state index contributed by atoms with van der Waals surface area (Å²) in [6.45, 7) is 5.95. The van der Waals surface area contributed by atoms with Crippen LogP contribution in [0.1, 0.15) is 37.6 Å². The van der Waals surface area contributed by atoms with E-state index < -0.39 is 0 Å². The van der Waals surface area contributed by atoms with E-state index in [2.05, 4.69) is 4.98 Å². The van der Waals surface area contributed by atoms with Crippen LogP contribution in [0.3, 0.4) is 0 Å². The summed E-state index contributed by atoms with van der Waals surface area (Å²) in [4.78, 5) is 15.4. The van der Waals surface area contributed by atoms with E-state index in [0.29, 0.717) is 18.1 Å². The van der Waals surface area contributed by atoms with Gasteiger partial charge in [-0.15, -0.1) is 0 Å². The number of carbonyl (C=O) groups is 1. The van der Waals surface area contributed by atoms with Gasteiger partial charge in [0.15, 0.2) is 5.78 Å². The molecule has 0 aromatic carbocycles. The van der Waals surface area contributed by atoms with Crippen molar-refractivity contribution in [3.8, 4) is 5.88 Å². The number of ketones is 1. The smallest absolute Gasteiger partial charge is 0.224 e. The molecule has 0 aliphatic carbocycles. The summed E-state index contributed by atoms with van der Waals surface area (Å²) in [6.07, 6.45) is 2.35. The Morgan fingerprint density at radius 2 is 2.18 bits per heavy atom. The van der Waals surface area contributed by atoms with E-state index in [1.807, 2.05) is 13.8 Å². The highest BCUT2D eigenvalue weighted by Gasteiger charge is 2.17. The van der Waals surface area contributed by atoms with Crippen LogP contribution in [0.2, 0.25) is 0 Å². The molecule has 0 radical (unpaired) electrons. The maximum Gasteiger partial charge on any atom is 0.224 e. The van der Waals surface area contributed by atoms with E-state index in [1.165, 1.54) is 6.92 Å². The molecule has 1 aromatic heterocycles. The molecule has 0 unspecified atom stereocenters. The van der Waals surface area contributed by atoms with Crippen molar-refractivity contribution >= 4 is 5.78 Å². The summed E-state index contributed by atoms with van der Waals surface area (Å²) >= 11 is 0. The fraction of sp³-hybridized carbons (Fsp3) is 0.538. The Bertz CT molecular complexity index is 388. The third kappa shape index (κ3) is 4.15. The van der Waals surface area contributed by atoms with Gasteiger partial charge in [0.05, 0.1) is 17.8 Å². The number of pyridine rings is 1. The first kappa shape index (κ1) is 13.6. The molecular weight excluding hydrogens is 218 g/mol. The van der Waals surface area contributed by atoms with E-state index in [0.717, 1.165) is 6.42 Å². The molecular formula is C13H19NO3. The molecule has 0 N–H and O–H groups in total. The van der Waals surface area contributed by atoms with Gasteiger partial charge in [-0.25, -0.2) is 4.98 Å². The Kier molecular flexibility index (Phi) is 4.63. The summed E-state index contributed by atoms with van der Waals surface area (Å²) < 4.78 is 10.8. The molecule has 94 valence electrons. The Balaban J connectivity index is 2.61. The molecule has 0 spiro atoms. The van der Waals surface area contributed by atoms with Crippen molar-refractivity contribution < 1.29 is 14.3 Å². The van der Waals surface area contributed by atoms with Gasteiger partial charge in [0.2, 0.25) is 5.88 Å². The van der Waals surface area contributed by atoms with Gasteiger partial charge in [-0.3, -0.25) is 4.79 Å². The van der Waals surface area contributed by atoms with Crippen LogP contribution in [0, 0.1) is 0 Å². The topological polar surface area (TPSA) is 48.4 Å². The van der Waals surface area contributed by atoms with Crippen molar-refractivity contribution in [2.24, 2.45) is 0 Å². The number of rotatable bonds is 6. The van der Waals surface area contributed by atoms with Crippen LogP contribution in [-0.2, 0) is 4.74 Å². The molecule has 1 aromatic rings. The first-order valence-corrected chi connectivity index (χ1v) is 5.60. The lowest BCUT2D eigenvalue weighted by molar-refractivity contribution is 0.00504. The predicted molar refractivity (Wildman–Crippen MR) is 65.4 cm³/mol. The van der Waals surface area contributed by atoms with Crippen LogP contribution in [0.5, 0.6) is 5.88 Å². The SMILES string of the molecule is COC(C)(C)CCOc1ncccc1C(C)=O. The maximum absolute atomic E-state index is 11.3. The lowest BCUT2D eigenvalue weighted by Gasteiger charge is -2.22.